The Hall–Kier alpha value is -3.56. The number of hydrogen-bond donors (Lipinski definition) is 1. The molecule has 1 heterocycles. The summed E-state index contributed by atoms with van der Waals surface area (Å²) in [4.78, 5) is 12.6. The van der Waals surface area contributed by atoms with Crippen LogP contribution in [0.15, 0.2) is 60.2 Å². The molecule has 0 aliphatic heterocycles. The summed E-state index contributed by atoms with van der Waals surface area (Å²) in [6.07, 6.45) is 1.46. The molecule has 1 N–H and O–H groups in total. The van der Waals surface area contributed by atoms with Crippen LogP contribution in [0.25, 0.3) is 6.08 Å². The molecular formula is C22H19ClN4O2. The molecule has 29 heavy (non-hydrogen) atoms. The maximum atomic E-state index is 12.6. The summed E-state index contributed by atoms with van der Waals surface area (Å²) in [7, 11) is 1.51. The number of nitrogens with zero attached hydrogens (tertiary/aromatic N) is 3. The number of aryl methyl sites for hydroxylation is 1. The van der Waals surface area contributed by atoms with Gasteiger partial charge < -0.3 is 10.1 Å². The minimum absolute atomic E-state index is 0.0832. The second kappa shape index (κ2) is 9.09. The fourth-order valence-corrected chi connectivity index (χ4v) is 3.11. The van der Waals surface area contributed by atoms with Gasteiger partial charge in [0, 0.05) is 5.56 Å². The molecule has 3 rings (SSSR count). The Morgan fingerprint density at radius 1 is 1.24 bits per heavy atom. The Kier molecular flexibility index (Phi) is 6.32. The number of carbonyl (C=O) groups excluding carboxylic acids is 1. The average molecular weight is 407 g/mol. The van der Waals surface area contributed by atoms with E-state index in [-0.39, 0.29) is 5.57 Å². The first-order valence-electron chi connectivity index (χ1n) is 8.86. The van der Waals surface area contributed by atoms with Gasteiger partial charge in [0.1, 0.15) is 22.5 Å². The van der Waals surface area contributed by atoms with Crippen molar-refractivity contribution in [2.75, 3.05) is 12.4 Å². The molecule has 146 valence electrons. The van der Waals surface area contributed by atoms with Gasteiger partial charge in [0.15, 0.2) is 0 Å². The van der Waals surface area contributed by atoms with Crippen LogP contribution in [0.5, 0.6) is 5.75 Å². The van der Waals surface area contributed by atoms with Crippen LogP contribution in [-0.2, 0) is 11.3 Å². The Morgan fingerprint density at radius 3 is 2.62 bits per heavy atom. The minimum atomic E-state index is -0.553. The Balaban J connectivity index is 1.87. The zero-order chi connectivity index (χ0) is 20.8. The Labute approximate surface area is 174 Å². The lowest BCUT2D eigenvalue weighted by molar-refractivity contribution is -0.112. The van der Waals surface area contributed by atoms with Crippen molar-refractivity contribution in [3.05, 3.63) is 82.1 Å². The van der Waals surface area contributed by atoms with Crippen LogP contribution in [0, 0.1) is 18.3 Å². The Bertz CT molecular complexity index is 1100. The van der Waals surface area contributed by atoms with Crippen LogP contribution in [0.1, 0.15) is 16.8 Å². The third kappa shape index (κ3) is 4.65. The van der Waals surface area contributed by atoms with Gasteiger partial charge in [-0.05, 0) is 30.7 Å². The van der Waals surface area contributed by atoms with Gasteiger partial charge in [-0.1, -0.05) is 54.1 Å². The van der Waals surface area contributed by atoms with Crippen LogP contribution in [0.3, 0.4) is 0 Å². The van der Waals surface area contributed by atoms with E-state index in [2.05, 4.69) is 10.4 Å². The number of ether oxygens (including phenoxy) is 1. The number of hydrogen-bond acceptors (Lipinski definition) is 4. The first-order valence-corrected chi connectivity index (χ1v) is 9.24. The summed E-state index contributed by atoms with van der Waals surface area (Å²) in [5.41, 5.74) is 2.60. The quantitative estimate of drug-likeness (QED) is 0.484. The van der Waals surface area contributed by atoms with E-state index < -0.39 is 5.91 Å². The number of carbonyl (C=O) groups is 1. The highest BCUT2D eigenvalue weighted by atomic mass is 35.5. The van der Waals surface area contributed by atoms with Crippen molar-refractivity contribution in [1.29, 1.82) is 5.26 Å². The van der Waals surface area contributed by atoms with Gasteiger partial charge in [0.25, 0.3) is 5.91 Å². The molecule has 1 amide bonds. The Morgan fingerprint density at radius 2 is 1.93 bits per heavy atom. The lowest BCUT2D eigenvalue weighted by atomic mass is 10.1. The van der Waals surface area contributed by atoms with E-state index in [0.29, 0.717) is 34.4 Å². The van der Waals surface area contributed by atoms with Gasteiger partial charge in [-0.3, -0.25) is 4.79 Å². The molecular weight excluding hydrogens is 388 g/mol. The summed E-state index contributed by atoms with van der Waals surface area (Å²) in [5, 5.41) is 17.0. The van der Waals surface area contributed by atoms with Crippen LogP contribution in [-0.4, -0.2) is 22.8 Å². The highest BCUT2D eigenvalue weighted by molar-refractivity contribution is 6.31. The van der Waals surface area contributed by atoms with Gasteiger partial charge in [-0.25, -0.2) is 4.68 Å². The lowest BCUT2D eigenvalue weighted by Gasteiger charge is -2.09. The number of rotatable bonds is 6. The smallest absolute Gasteiger partial charge is 0.266 e. The number of halogens is 1. The number of methoxy groups -OCH3 is 1. The van der Waals surface area contributed by atoms with Crippen molar-refractivity contribution in [3.8, 4) is 11.8 Å². The molecule has 0 bridgehead atoms. The van der Waals surface area contributed by atoms with Crippen molar-refractivity contribution in [1.82, 2.24) is 9.78 Å². The molecule has 6 nitrogen and oxygen atoms in total. The standard InChI is InChI=1S/C22H19ClN4O2/c1-15-18(21(23)27(26-15)14-16-8-4-3-5-9-16)12-17(13-24)22(28)25-19-10-6-7-11-20(19)29-2/h3-12H,14H2,1-2H3,(H,25,28)/b17-12+. The number of aromatic nitrogens is 2. The summed E-state index contributed by atoms with van der Waals surface area (Å²) < 4.78 is 6.87. The zero-order valence-corrected chi connectivity index (χ0v) is 16.8. The fraction of sp³-hybridized carbons (Fsp3) is 0.136. The van der Waals surface area contributed by atoms with Gasteiger partial charge in [-0.2, -0.15) is 10.4 Å². The number of anilines is 1. The van der Waals surface area contributed by atoms with E-state index >= 15 is 0 Å². The molecule has 0 saturated carbocycles. The molecule has 0 unspecified atom stereocenters. The first-order chi connectivity index (χ1) is 14.0. The molecule has 0 aliphatic carbocycles. The maximum absolute atomic E-state index is 12.6. The number of amides is 1. The largest absolute Gasteiger partial charge is 0.495 e. The molecule has 0 radical (unpaired) electrons. The third-order valence-electron chi connectivity index (χ3n) is 4.29. The topological polar surface area (TPSA) is 79.9 Å². The molecule has 0 atom stereocenters. The molecule has 2 aromatic carbocycles. The van der Waals surface area contributed by atoms with E-state index in [1.54, 1.807) is 35.9 Å². The van der Waals surface area contributed by atoms with Crippen molar-refractivity contribution in [2.24, 2.45) is 0 Å². The summed E-state index contributed by atoms with van der Waals surface area (Å²) in [6, 6.07) is 18.7. The molecule has 1 aromatic heterocycles. The molecule has 7 heteroatoms. The van der Waals surface area contributed by atoms with Crippen LogP contribution < -0.4 is 10.1 Å². The van der Waals surface area contributed by atoms with E-state index in [1.807, 2.05) is 36.4 Å². The van der Waals surface area contributed by atoms with Crippen LogP contribution in [0.4, 0.5) is 5.69 Å². The van der Waals surface area contributed by atoms with Crippen LogP contribution >= 0.6 is 11.6 Å². The normalized spacial score (nSPS) is 11.0. The van der Waals surface area contributed by atoms with Crippen molar-refractivity contribution >= 4 is 29.3 Å². The van der Waals surface area contributed by atoms with Crippen LogP contribution in [0.2, 0.25) is 5.15 Å². The molecule has 0 fully saturated rings. The minimum Gasteiger partial charge on any atom is -0.495 e. The van der Waals surface area contributed by atoms with Crippen molar-refractivity contribution in [2.45, 2.75) is 13.5 Å². The summed E-state index contributed by atoms with van der Waals surface area (Å²) in [6.45, 7) is 2.27. The summed E-state index contributed by atoms with van der Waals surface area (Å²) >= 11 is 6.49. The number of para-hydroxylation sites is 2. The SMILES string of the molecule is COc1ccccc1NC(=O)/C(C#N)=C/c1c(C)nn(Cc2ccccc2)c1Cl. The van der Waals surface area contributed by atoms with Gasteiger partial charge in [0.05, 0.1) is 25.0 Å². The van der Waals surface area contributed by atoms with Crippen molar-refractivity contribution in [3.63, 3.8) is 0 Å². The molecule has 0 spiro atoms. The monoisotopic (exact) mass is 406 g/mol. The molecule has 0 saturated heterocycles. The van der Waals surface area contributed by atoms with E-state index in [1.165, 1.54) is 13.2 Å². The van der Waals surface area contributed by atoms with E-state index in [9.17, 15) is 10.1 Å². The highest BCUT2D eigenvalue weighted by Gasteiger charge is 2.17. The number of nitriles is 1. The maximum Gasteiger partial charge on any atom is 0.266 e. The average Bonchev–Trinajstić information content (AvgIpc) is 2.99. The van der Waals surface area contributed by atoms with E-state index in [4.69, 9.17) is 16.3 Å². The van der Waals surface area contributed by atoms with E-state index in [0.717, 1.165) is 5.56 Å². The zero-order valence-electron chi connectivity index (χ0n) is 16.0. The van der Waals surface area contributed by atoms with Gasteiger partial charge in [-0.15, -0.1) is 0 Å². The summed E-state index contributed by atoms with van der Waals surface area (Å²) in [5.74, 6) is -0.0497. The van der Waals surface area contributed by atoms with Gasteiger partial charge >= 0.3 is 0 Å². The molecule has 0 aliphatic rings. The highest BCUT2D eigenvalue weighted by Crippen LogP contribution is 2.26. The molecule has 3 aromatic rings. The first kappa shape index (κ1) is 20.2. The predicted molar refractivity (Wildman–Crippen MR) is 113 cm³/mol. The number of benzene rings is 2. The predicted octanol–water partition coefficient (Wildman–Crippen LogP) is 4.45. The third-order valence-corrected chi connectivity index (χ3v) is 4.69. The second-order valence-electron chi connectivity index (χ2n) is 6.26. The van der Waals surface area contributed by atoms with Crippen molar-refractivity contribution < 1.29 is 9.53 Å². The van der Waals surface area contributed by atoms with Gasteiger partial charge in [0.2, 0.25) is 0 Å². The number of nitrogens with one attached hydrogen (secondary N) is 1. The lowest BCUT2D eigenvalue weighted by Crippen LogP contribution is -2.14. The fourth-order valence-electron chi connectivity index (χ4n) is 2.82. The second-order valence-corrected chi connectivity index (χ2v) is 6.62.